The van der Waals surface area contributed by atoms with Gasteiger partial charge >= 0.3 is 0 Å². The zero-order valence-electron chi connectivity index (χ0n) is 13.5. The van der Waals surface area contributed by atoms with Crippen molar-refractivity contribution in [2.75, 3.05) is 4.67 Å². The van der Waals surface area contributed by atoms with Crippen LogP contribution in [0.3, 0.4) is 0 Å². The molecule has 19 heavy (non-hydrogen) atoms. The molecule has 0 aliphatic heterocycles. The number of hydrogen-bond acceptors (Lipinski definition) is 2. The molecule has 0 aliphatic carbocycles. The zero-order valence-corrected chi connectivity index (χ0v) is 15.5. The normalized spacial score (nSPS) is 12.5. The van der Waals surface area contributed by atoms with Gasteiger partial charge in [-0.05, 0) is 18.2 Å². The molecule has 0 fully saturated rings. The smallest absolute Gasteiger partial charge is 0.169 e. The number of nitrogens with one attached hydrogen (secondary N) is 1. The lowest BCUT2D eigenvalue weighted by Crippen LogP contribution is -2.63. The second-order valence-electron chi connectivity index (χ2n) is 6.95. The molecule has 0 amide bonds. The number of nitrogens with zero attached hydrogens (tertiary/aromatic N) is 1. The first-order valence-corrected chi connectivity index (χ1v) is 14.0. The standard InChI is InChI=1S/C15H30N2Si2/c1-7-8-14-19(5,6)17(16-18(2,3)4)15-12-10-9-11-13-15/h9-13,16H,7-8,14H2,1-6H3. The predicted molar refractivity (Wildman–Crippen MR) is 92.6 cm³/mol. The molecule has 0 radical (unpaired) electrons. The molecule has 1 rings (SSSR count). The lowest BCUT2D eigenvalue weighted by atomic mass is 10.3. The van der Waals surface area contributed by atoms with Crippen molar-refractivity contribution < 1.29 is 0 Å². The van der Waals surface area contributed by atoms with E-state index >= 15 is 0 Å². The van der Waals surface area contributed by atoms with Crippen molar-refractivity contribution in [3.05, 3.63) is 30.3 Å². The zero-order chi connectivity index (χ0) is 14.5. The maximum atomic E-state index is 3.86. The Morgan fingerprint density at radius 3 is 2.05 bits per heavy atom. The second-order valence-corrected chi connectivity index (χ2v) is 16.2. The number of anilines is 1. The van der Waals surface area contributed by atoms with Crippen LogP contribution < -0.4 is 9.77 Å². The van der Waals surface area contributed by atoms with Crippen LogP contribution in [0.4, 0.5) is 5.69 Å². The monoisotopic (exact) mass is 294 g/mol. The third-order valence-electron chi connectivity index (χ3n) is 3.21. The van der Waals surface area contributed by atoms with Crippen LogP contribution in [-0.4, -0.2) is 16.5 Å². The fourth-order valence-corrected chi connectivity index (χ4v) is 7.51. The van der Waals surface area contributed by atoms with Gasteiger partial charge in [0.25, 0.3) is 0 Å². The van der Waals surface area contributed by atoms with Gasteiger partial charge in [0.1, 0.15) is 8.24 Å². The van der Waals surface area contributed by atoms with Crippen LogP contribution >= 0.6 is 0 Å². The van der Waals surface area contributed by atoms with Crippen molar-refractivity contribution >= 4 is 22.2 Å². The van der Waals surface area contributed by atoms with E-state index in [9.17, 15) is 0 Å². The molecule has 0 saturated heterocycles. The van der Waals surface area contributed by atoms with Gasteiger partial charge in [-0.15, -0.1) is 0 Å². The molecule has 0 aromatic heterocycles. The van der Waals surface area contributed by atoms with Crippen LogP contribution in [0.2, 0.25) is 38.8 Å². The first-order chi connectivity index (χ1) is 8.76. The summed E-state index contributed by atoms with van der Waals surface area (Å²) >= 11 is 0. The van der Waals surface area contributed by atoms with Gasteiger partial charge in [-0.1, -0.05) is 70.7 Å². The van der Waals surface area contributed by atoms with Gasteiger partial charge < -0.3 is 4.67 Å². The van der Waals surface area contributed by atoms with E-state index in [4.69, 9.17) is 0 Å². The molecule has 0 atom stereocenters. The molecule has 2 nitrogen and oxygen atoms in total. The summed E-state index contributed by atoms with van der Waals surface area (Å²) in [7, 11) is -2.79. The molecule has 108 valence electrons. The summed E-state index contributed by atoms with van der Waals surface area (Å²) in [6.07, 6.45) is 2.61. The first kappa shape index (κ1) is 16.5. The average Bonchev–Trinajstić information content (AvgIpc) is 2.33. The summed E-state index contributed by atoms with van der Waals surface area (Å²) in [5.74, 6) is 0. The summed E-state index contributed by atoms with van der Waals surface area (Å²) in [6.45, 7) is 14.3. The van der Waals surface area contributed by atoms with E-state index in [1.54, 1.807) is 0 Å². The largest absolute Gasteiger partial charge is 0.342 e. The minimum absolute atomic E-state index is 1.28. The molecule has 0 bridgehead atoms. The Bertz CT molecular complexity index is 371. The summed E-state index contributed by atoms with van der Waals surface area (Å²) in [5, 5.41) is 3.86. The van der Waals surface area contributed by atoms with Crippen molar-refractivity contribution in [3.8, 4) is 0 Å². The molecule has 0 spiro atoms. The number of rotatable bonds is 7. The minimum atomic E-state index is -1.45. The Morgan fingerprint density at radius 1 is 1.00 bits per heavy atom. The molecule has 1 aromatic rings. The third kappa shape index (κ3) is 5.51. The van der Waals surface area contributed by atoms with Crippen LogP contribution in [0, 0.1) is 0 Å². The summed E-state index contributed by atoms with van der Waals surface area (Å²) in [4.78, 5) is 0. The molecule has 0 heterocycles. The fraction of sp³-hybridized carbons (Fsp3) is 0.600. The van der Waals surface area contributed by atoms with E-state index < -0.39 is 16.5 Å². The lowest BCUT2D eigenvalue weighted by molar-refractivity contribution is 0.844. The van der Waals surface area contributed by atoms with Crippen LogP contribution in [0.5, 0.6) is 0 Å². The highest BCUT2D eigenvalue weighted by Gasteiger charge is 2.32. The summed E-state index contributed by atoms with van der Waals surface area (Å²) in [6, 6.07) is 12.2. The molecular formula is C15H30N2Si2. The van der Waals surface area contributed by atoms with Gasteiger partial charge in [-0.3, -0.25) is 5.09 Å². The number of unbranched alkanes of at least 4 members (excludes halogenated alkanes) is 1. The second kappa shape index (κ2) is 6.72. The first-order valence-electron chi connectivity index (χ1n) is 7.39. The van der Waals surface area contributed by atoms with E-state index in [2.05, 4.69) is 79.8 Å². The van der Waals surface area contributed by atoms with Crippen LogP contribution in [0.1, 0.15) is 19.8 Å². The molecule has 0 saturated carbocycles. The van der Waals surface area contributed by atoms with E-state index in [1.165, 1.54) is 24.6 Å². The Morgan fingerprint density at radius 2 is 1.58 bits per heavy atom. The van der Waals surface area contributed by atoms with Gasteiger partial charge in [-0.25, -0.2) is 0 Å². The predicted octanol–water partition coefficient (Wildman–Crippen LogP) is 4.84. The van der Waals surface area contributed by atoms with E-state index in [-0.39, 0.29) is 0 Å². The number of benzene rings is 1. The van der Waals surface area contributed by atoms with Gasteiger partial charge in [0.2, 0.25) is 0 Å². The number of hydrazine groups is 1. The van der Waals surface area contributed by atoms with E-state index in [0.717, 1.165) is 0 Å². The van der Waals surface area contributed by atoms with Gasteiger partial charge in [-0.2, -0.15) is 0 Å². The van der Waals surface area contributed by atoms with Gasteiger partial charge in [0.05, 0.1) is 0 Å². The van der Waals surface area contributed by atoms with Crippen molar-refractivity contribution in [2.24, 2.45) is 0 Å². The van der Waals surface area contributed by atoms with Crippen molar-refractivity contribution in [1.29, 1.82) is 0 Å². The average molecular weight is 295 g/mol. The molecular weight excluding hydrogens is 264 g/mol. The third-order valence-corrected chi connectivity index (χ3v) is 7.48. The van der Waals surface area contributed by atoms with Crippen molar-refractivity contribution in [3.63, 3.8) is 0 Å². The minimum Gasteiger partial charge on any atom is -0.342 e. The quantitative estimate of drug-likeness (QED) is 0.572. The van der Waals surface area contributed by atoms with Crippen LogP contribution in [-0.2, 0) is 0 Å². The van der Waals surface area contributed by atoms with Gasteiger partial charge in [0, 0.05) is 5.69 Å². The molecule has 0 unspecified atom stereocenters. The van der Waals surface area contributed by atoms with Crippen molar-refractivity contribution in [1.82, 2.24) is 5.09 Å². The summed E-state index contributed by atoms with van der Waals surface area (Å²) < 4.78 is 2.54. The Balaban J connectivity index is 2.99. The fourth-order valence-electron chi connectivity index (χ4n) is 2.20. The SMILES string of the molecule is CCCC[Si](C)(C)N(N[Si](C)(C)C)c1ccccc1. The highest BCUT2D eigenvalue weighted by atomic mass is 28.3. The Labute approximate surface area is 121 Å². The van der Waals surface area contributed by atoms with E-state index in [1.807, 2.05) is 0 Å². The maximum absolute atomic E-state index is 3.86. The number of para-hydroxylation sites is 1. The Kier molecular flexibility index (Phi) is 5.83. The molecule has 0 aliphatic rings. The maximum Gasteiger partial charge on any atom is 0.169 e. The molecule has 4 heteroatoms. The van der Waals surface area contributed by atoms with E-state index in [0.29, 0.717) is 0 Å². The Hall–Kier alpha value is -0.586. The highest BCUT2D eigenvalue weighted by molar-refractivity contribution is 6.83. The van der Waals surface area contributed by atoms with Crippen LogP contribution in [0.15, 0.2) is 30.3 Å². The van der Waals surface area contributed by atoms with Crippen LogP contribution in [0.25, 0.3) is 0 Å². The molecule has 1 N–H and O–H groups in total. The van der Waals surface area contributed by atoms with Crippen molar-refractivity contribution in [2.45, 2.75) is 58.5 Å². The van der Waals surface area contributed by atoms with Gasteiger partial charge in [0.15, 0.2) is 8.24 Å². The number of hydrogen-bond donors (Lipinski definition) is 1. The summed E-state index contributed by atoms with van der Waals surface area (Å²) in [5.41, 5.74) is 1.33. The molecule has 1 aromatic carbocycles. The lowest BCUT2D eigenvalue weighted by Gasteiger charge is -2.43. The topological polar surface area (TPSA) is 15.3 Å². The highest BCUT2D eigenvalue weighted by Crippen LogP contribution is 2.25.